The number of benzene rings is 2. The summed E-state index contributed by atoms with van der Waals surface area (Å²) in [7, 11) is 3.50. The van der Waals surface area contributed by atoms with Crippen molar-refractivity contribution in [3.63, 3.8) is 0 Å². The number of thiocarbonyl (C=S) groups is 1. The molecule has 0 saturated heterocycles. The number of hydrogen-bond acceptors (Lipinski definition) is 4. The second-order valence-electron chi connectivity index (χ2n) is 7.30. The Balaban J connectivity index is 1.83. The average molecular weight is 488 g/mol. The first-order chi connectivity index (χ1) is 14.4. The van der Waals surface area contributed by atoms with Crippen molar-refractivity contribution in [2.24, 2.45) is 0 Å². The quantitative estimate of drug-likeness (QED) is 0.659. The SMILES string of the molecule is CC1=C(C(=O)N(C)C)C(c2cccc(Br)c2)NC(=S)N1c1ccc2c(c1)OCCO2. The first kappa shape index (κ1) is 20.7. The minimum Gasteiger partial charge on any atom is -0.486 e. The van der Waals surface area contributed by atoms with Gasteiger partial charge in [-0.3, -0.25) is 9.69 Å². The molecule has 0 aromatic heterocycles. The maximum absolute atomic E-state index is 13.2. The Kier molecular flexibility index (Phi) is 5.71. The summed E-state index contributed by atoms with van der Waals surface area (Å²) in [5, 5.41) is 3.88. The second kappa shape index (κ2) is 8.28. The highest BCUT2D eigenvalue weighted by molar-refractivity contribution is 9.10. The molecule has 2 aliphatic heterocycles. The first-order valence-electron chi connectivity index (χ1n) is 9.55. The highest BCUT2D eigenvalue weighted by Crippen LogP contribution is 2.39. The van der Waals surface area contributed by atoms with Gasteiger partial charge in [0.1, 0.15) is 13.2 Å². The molecule has 0 radical (unpaired) electrons. The van der Waals surface area contributed by atoms with Gasteiger partial charge in [-0.15, -0.1) is 0 Å². The van der Waals surface area contributed by atoms with Crippen molar-refractivity contribution in [1.82, 2.24) is 10.2 Å². The molecule has 1 atom stereocenters. The van der Waals surface area contributed by atoms with Gasteiger partial charge < -0.3 is 19.7 Å². The number of allylic oxidation sites excluding steroid dienone is 1. The molecule has 0 fully saturated rings. The molecule has 156 valence electrons. The maximum Gasteiger partial charge on any atom is 0.253 e. The average Bonchev–Trinajstić information content (AvgIpc) is 2.72. The van der Waals surface area contributed by atoms with Crippen molar-refractivity contribution < 1.29 is 14.3 Å². The Morgan fingerprint density at radius 1 is 1.17 bits per heavy atom. The van der Waals surface area contributed by atoms with E-state index in [0.717, 1.165) is 21.4 Å². The van der Waals surface area contributed by atoms with E-state index in [2.05, 4.69) is 21.2 Å². The predicted octanol–water partition coefficient (Wildman–Crippen LogP) is 4.02. The zero-order valence-electron chi connectivity index (χ0n) is 16.9. The molecular weight excluding hydrogens is 466 g/mol. The van der Waals surface area contributed by atoms with Crippen LogP contribution in [0.5, 0.6) is 11.5 Å². The van der Waals surface area contributed by atoms with E-state index in [9.17, 15) is 4.79 Å². The minimum atomic E-state index is -0.349. The summed E-state index contributed by atoms with van der Waals surface area (Å²) < 4.78 is 12.3. The van der Waals surface area contributed by atoms with Gasteiger partial charge in [0.25, 0.3) is 5.91 Å². The van der Waals surface area contributed by atoms with E-state index in [0.29, 0.717) is 35.4 Å². The van der Waals surface area contributed by atoms with Crippen LogP contribution in [0.1, 0.15) is 18.5 Å². The number of fused-ring (bicyclic) bond motifs is 1. The summed E-state index contributed by atoms with van der Waals surface area (Å²) in [5.74, 6) is 1.30. The van der Waals surface area contributed by atoms with Gasteiger partial charge in [0.15, 0.2) is 16.6 Å². The molecule has 2 heterocycles. The molecule has 30 heavy (non-hydrogen) atoms. The molecule has 2 aromatic carbocycles. The number of carbonyl (C=O) groups is 1. The van der Waals surface area contributed by atoms with Crippen molar-refractivity contribution in [2.75, 3.05) is 32.2 Å². The van der Waals surface area contributed by atoms with Crippen LogP contribution in [0.4, 0.5) is 5.69 Å². The standard InChI is InChI=1S/C22H22BrN3O3S/c1-13-19(21(27)25(2)3)20(14-5-4-6-15(23)11-14)24-22(30)26(13)16-7-8-17-18(12-16)29-10-9-28-17/h4-8,11-12,20H,9-10H2,1-3H3,(H,24,30). The summed E-state index contributed by atoms with van der Waals surface area (Å²) in [6.07, 6.45) is 0. The van der Waals surface area contributed by atoms with Crippen molar-refractivity contribution in [3.8, 4) is 11.5 Å². The number of halogens is 1. The molecule has 4 rings (SSSR count). The second-order valence-corrected chi connectivity index (χ2v) is 8.60. The normalized spacial score (nSPS) is 18.2. The summed E-state index contributed by atoms with van der Waals surface area (Å²) in [4.78, 5) is 16.7. The van der Waals surface area contributed by atoms with Crippen LogP contribution < -0.4 is 19.7 Å². The molecule has 0 bridgehead atoms. The smallest absolute Gasteiger partial charge is 0.253 e. The molecule has 2 aromatic rings. The number of rotatable bonds is 3. The van der Waals surface area contributed by atoms with Crippen LogP contribution in [-0.4, -0.2) is 43.2 Å². The van der Waals surface area contributed by atoms with Gasteiger partial charge in [0.05, 0.1) is 17.3 Å². The number of hydrogen-bond donors (Lipinski definition) is 1. The zero-order chi connectivity index (χ0) is 21.4. The van der Waals surface area contributed by atoms with Gasteiger partial charge in [-0.25, -0.2) is 0 Å². The Hall–Kier alpha value is -2.58. The third-order valence-corrected chi connectivity index (χ3v) is 5.88. The maximum atomic E-state index is 13.2. The molecular formula is C22H22BrN3O3S. The molecule has 1 N–H and O–H groups in total. The van der Waals surface area contributed by atoms with E-state index >= 15 is 0 Å². The zero-order valence-corrected chi connectivity index (χ0v) is 19.3. The van der Waals surface area contributed by atoms with E-state index in [-0.39, 0.29) is 11.9 Å². The largest absolute Gasteiger partial charge is 0.486 e. The number of anilines is 1. The molecule has 1 unspecified atom stereocenters. The minimum absolute atomic E-state index is 0.0741. The van der Waals surface area contributed by atoms with Crippen LogP contribution >= 0.6 is 28.1 Å². The molecule has 8 heteroatoms. The molecule has 6 nitrogen and oxygen atoms in total. The van der Waals surface area contributed by atoms with Gasteiger partial charge >= 0.3 is 0 Å². The van der Waals surface area contributed by atoms with Crippen LogP contribution in [0, 0.1) is 0 Å². The monoisotopic (exact) mass is 487 g/mol. The van der Waals surface area contributed by atoms with Crippen LogP contribution in [0.3, 0.4) is 0 Å². The number of nitrogens with zero attached hydrogens (tertiary/aromatic N) is 2. The lowest BCUT2D eigenvalue weighted by atomic mass is 9.94. The van der Waals surface area contributed by atoms with Crippen LogP contribution in [0.15, 0.2) is 58.2 Å². The molecule has 0 spiro atoms. The van der Waals surface area contributed by atoms with E-state index in [1.54, 1.807) is 19.0 Å². The summed E-state index contributed by atoms with van der Waals surface area (Å²) in [6, 6.07) is 13.2. The lowest BCUT2D eigenvalue weighted by Gasteiger charge is -2.38. The van der Waals surface area contributed by atoms with E-state index in [1.807, 2.05) is 54.3 Å². The number of nitrogens with one attached hydrogen (secondary N) is 1. The topological polar surface area (TPSA) is 54.0 Å². The number of ether oxygens (including phenoxy) is 2. The van der Waals surface area contributed by atoms with Crippen LogP contribution in [-0.2, 0) is 4.79 Å². The predicted molar refractivity (Wildman–Crippen MR) is 124 cm³/mol. The number of carbonyl (C=O) groups excluding carboxylic acids is 1. The third kappa shape index (κ3) is 3.77. The fourth-order valence-corrected chi connectivity index (χ4v) is 4.46. The molecule has 0 aliphatic carbocycles. The molecule has 0 saturated carbocycles. The van der Waals surface area contributed by atoms with Crippen LogP contribution in [0.2, 0.25) is 0 Å². The van der Waals surface area contributed by atoms with Gasteiger partial charge in [-0.1, -0.05) is 28.1 Å². The van der Waals surface area contributed by atoms with E-state index < -0.39 is 0 Å². The number of amides is 1. The molecule has 2 aliphatic rings. The van der Waals surface area contributed by atoms with Crippen molar-refractivity contribution >= 4 is 44.9 Å². The summed E-state index contributed by atoms with van der Waals surface area (Å²) >= 11 is 9.25. The third-order valence-electron chi connectivity index (χ3n) is 5.09. The molecule has 1 amide bonds. The Morgan fingerprint density at radius 2 is 1.90 bits per heavy atom. The number of likely N-dealkylation sites (N-methyl/N-ethyl adjacent to an activating group) is 1. The Bertz CT molecular complexity index is 1050. The summed E-state index contributed by atoms with van der Waals surface area (Å²) in [5.41, 5.74) is 3.18. The van der Waals surface area contributed by atoms with Crippen molar-refractivity contribution in [1.29, 1.82) is 0 Å². The summed E-state index contributed by atoms with van der Waals surface area (Å²) in [6.45, 7) is 2.96. The van der Waals surface area contributed by atoms with Crippen molar-refractivity contribution in [2.45, 2.75) is 13.0 Å². The first-order valence-corrected chi connectivity index (χ1v) is 10.7. The van der Waals surface area contributed by atoms with Gasteiger partial charge in [-0.2, -0.15) is 0 Å². The van der Waals surface area contributed by atoms with E-state index in [4.69, 9.17) is 21.7 Å². The van der Waals surface area contributed by atoms with Gasteiger partial charge in [0.2, 0.25) is 0 Å². The lowest BCUT2D eigenvalue weighted by molar-refractivity contribution is -0.125. The Labute approximate surface area is 189 Å². The fourth-order valence-electron chi connectivity index (χ4n) is 3.68. The van der Waals surface area contributed by atoms with Crippen LogP contribution in [0.25, 0.3) is 0 Å². The van der Waals surface area contributed by atoms with Gasteiger partial charge in [-0.05, 0) is 49.0 Å². The Morgan fingerprint density at radius 3 is 2.60 bits per heavy atom. The highest BCUT2D eigenvalue weighted by Gasteiger charge is 2.35. The lowest BCUT2D eigenvalue weighted by Crippen LogP contribution is -2.49. The fraction of sp³-hybridized carbons (Fsp3) is 0.273. The van der Waals surface area contributed by atoms with Gasteiger partial charge in [0, 0.05) is 30.3 Å². The van der Waals surface area contributed by atoms with Crippen molar-refractivity contribution in [3.05, 3.63) is 63.8 Å². The van der Waals surface area contributed by atoms with E-state index in [1.165, 1.54) is 0 Å². The highest BCUT2D eigenvalue weighted by atomic mass is 79.9.